The molecule has 0 bridgehead atoms. The maximum atomic E-state index is 11.4. The van der Waals surface area contributed by atoms with Crippen LogP contribution in [0.3, 0.4) is 0 Å². The molecule has 0 saturated carbocycles. The molecule has 0 aliphatic rings. The van der Waals surface area contributed by atoms with Gasteiger partial charge in [-0.1, -0.05) is 27.7 Å². The van der Waals surface area contributed by atoms with Gasteiger partial charge in [0.25, 0.3) is 0 Å². The van der Waals surface area contributed by atoms with E-state index < -0.39 is 21.9 Å². The summed E-state index contributed by atoms with van der Waals surface area (Å²) in [4.78, 5) is 22.3. The fourth-order valence-electron chi connectivity index (χ4n) is 1.64. The van der Waals surface area contributed by atoms with Crippen LogP contribution in [0.5, 0.6) is 0 Å². The summed E-state index contributed by atoms with van der Waals surface area (Å²) in [5.41, 5.74) is 0. The Bertz CT molecular complexity index is 265. The van der Waals surface area contributed by atoms with E-state index >= 15 is 0 Å². The van der Waals surface area contributed by atoms with Gasteiger partial charge in [0.15, 0.2) is 0 Å². The first kappa shape index (κ1) is 15.3. The first-order valence-corrected chi connectivity index (χ1v) is 6.33. The lowest BCUT2D eigenvalue weighted by atomic mass is 9.92. The quantitative estimate of drug-likeness (QED) is 0.724. The molecule has 0 saturated heterocycles. The van der Waals surface area contributed by atoms with Gasteiger partial charge >= 0.3 is 11.9 Å². The molecule has 0 aromatic carbocycles. The molecule has 0 fully saturated rings. The van der Waals surface area contributed by atoms with Crippen LogP contribution in [0.25, 0.3) is 0 Å². The average Bonchev–Trinajstić information content (AvgIpc) is 2.18. The summed E-state index contributed by atoms with van der Waals surface area (Å²) in [7, 11) is 0. The molecule has 0 amide bonds. The van der Waals surface area contributed by atoms with E-state index in [-0.39, 0.29) is 5.92 Å². The molecule has 0 aromatic heterocycles. The first-order chi connectivity index (χ1) is 7.31. The molecular weight excluding hydrogens is 228 g/mol. The number of thioether (sulfide) groups is 1. The molecule has 0 radical (unpaired) electrons. The molecule has 94 valence electrons. The summed E-state index contributed by atoms with van der Waals surface area (Å²) in [6, 6.07) is 0. The molecule has 2 N–H and O–H groups in total. The molecule has 0 aliphatic carbocycles. The van der Waals surface area contributed by atoms with Crippen LogP contribution in [0.2, 0.25) is 0 Å². The molecule has 0 spiro atoms. The third-order valence-corrected chi connectivity index (χ3v) is 4.99. The third kappa shape index (κ3) is 3.14. The van der Waals surface area contributed by atoms with Crippen molar-refractivity contribution in [2.45, 2.75) is 50.5 Å². The normalized spacial score (nSPS) is 16.8. The predicted molar refractivity (Wildman–Crippen MR) is 64.8 cm³/mol. The lowest BCUT2D eigenvalue weighted by Crippen LogP contribution is -2.42. The third-order valence-electron chi connectivity index (χ3n) is 2.82. The number of aliphatic carboxylic acids is 2. The van der Waals surface area contributed by atoms with Crippen LogP contribution in [0.4, 0.5) is 0 Å². The summed E-state index contributed by atoms with van der Waals surface area (Å²) < 4.78 is -1.00. The maximum absolute atomic E-state index is 11.4. The molecule has 0 aromatic rings. The fourth-order valence-corrected chi connectivity index (χ4v) is 2.95. The highest BCUT2D eigenvalue weighted by Gasteiger charge is 2.43. The Kier molecular flexibility index (Phi) is 5.86. The van der Waals surface area contributed by atoms with Crippen molar-refractivity contribution in [2.24, 2.45) is 5.92 Å². The Balaban J connectivity index is 5.05. The van der Waals surface area contributed by atoms with E-state index in [1.165, 1.54) is 0 Å². The van der Waals surface area contributed by atoms with Gasteiger partial charge < -0.3 is 10.2 Å². The summed E-state index contributed by atoms with van der Waals surface area (Å²) in [6.45, 7) is 7.18. The summed E-state index contributed by atoms with van der Waals surface area (Å²) in [6.07, 6.45) is 0.857. The van der Waals surface area contributed by atoms with Crippen molar-refractivity contribution >= 4 is 23.7 Å². The topological polar surface area (TPSA) is 74.6 Å². The van der Waals surface area contributed by atoms with Gasteiger partial charge in [0.1, 0.15) is 10.00 Å². The molecular formula is C11H20O4S. The number of carboxylic acid groups (broad SMARTS) is 2. The van der Waals surface area contributed by atoms with Crippen LogP contribution in [0.1, 0.15) is 40.5 Å². The highest BCUT2D eigenvalue weighted by molar-refractivity contribution is 8.02. The van der Waals surface area contributed by atoms with Gasteiger partial charge in [0.2, 0.25) is 0 Å². The zero-order valence-corrected chi connectivity index (χ0v) is 11.0. The number of carbonyl (C=O) groups is 2. The Morgan fingerprint density at radius 1 is 1.25 bits per heavy atom. The number of carboxylic acids is 2. The van der Waals surface area contributed by atoms with Gasteiger partial charge in [0, 0.05) is 0 Å². The Morgan fingerprint density at radius 2 is 1.75 bits per heavy atom. The largest absolute Gasteiger partial charge is 0.480 e. The van der Waals surface area contributed by atoms with Gasteiger partial charge in [-0.05, 0) is 18.8 Å². The SMILES string of the molecule is CCC(SC(CC)(C(=O)O)C(C)C)C(=O)O. The van der Waals surface area contributed by atoms with E-state index in [1.54, 1.807) is 13.8 Å². The Hall–Kier alpha value is -0.710. The second-order valence-electron chi connectivity index (χ2n) is 4.06. The van der Waals surface area contributed by atoms with Crippen molar-refractivity contribution in [3.8, 4) is 0 Å². The van der Waals surface area contributed by atoms with E-state index in [0.29, 0.717) is 12.8 Å². The van der Waals surface area contributed by atoms with Crippen molar-refractivity contribution < 1.29 is 19.8 Å². The highest BCUT2D eigenvalue weighted by Crippen LogP contribution is 2.40. The number of hydrogen-bond donors (Lipinski definition) is 2. The second kappa shape index (κ2) is 6.13. The van der Waals surface area contributed by atoms with Gasteiger partial charge in [0.05, 0.1) is 0 Å². The van der Waals surface area contributed by atoms with Crippen molar-refractivity contribution in [3.05, 3.63) is 0 Å². The molecule has 2 unspecified atom stereocenters. The molecule has 2 atom stereocenters. The number of hydrogen-bond acceptors (Lipinski definition) is 3. The smallest absolute Gasteiger partial charge is 0.320 e. The van der Waals surface area contributed by atoms with E-state index in [4.69, 9.17) is 5.11 Å². The molecule has 0 heterocycles. The van der Waals surface area contributed by atoms with E-state index in [2.05, 4.69) is 0 Å². The Morgan fingerprint density at radius 3 is 1.94 bits per heavy atom. The van der Waals surface area contributed by atoms with Gasteiger partial charge in [-0.2, -0.15) is 0 Å². The van der Waals surface area contributed by atoms with Crippen molar-refractivity contribution in [3.63, 3.8) is 0 Å². The van der Waals surface area contributed by atoms with E-state index in [1.807, 2.05) is 13.8 Å². The fraction of sp³-hybridized carbons (Fsp3) is 0.818. The predicted octanol–water partition coefficient (Wildman–Crippen LogP) is 2.47. The minimum atomic E-state index is -1.00. The van der Waals surface area contributed by atoms with Crippen LogP contribution >= 0.6 is 11.8 Å². The van der Waals surface area contributed by atoms with Crippen molar-refractivity contribution in [1.82, 2.24) is 0 Å². The maximum Gasteiger partial charge on any atom is 0.320 e. The van der Waals surface area contributed by atoms with Crippen molar-refractivity contribution in [1.29, 1.82) is 0 Å². The molecule has 0 rings (SSSR count). The average molecular weight is 248 g/mol. The first-order valence-electron chi connectivity index (χ1n) is 5.45. The Labute approximate surface area is 100 Å². The summed E-state index contributed by atoms with van der Waals surface area (Å²) in [5, 5.41) is 17.6. The lowest BCUT2D eigenvalue weighted by molar-refractivity contribution is -0.141. The molecule has 4 nitrogen and oxygen atoms in total. The standard InChI is InChI=1S/C11H20O4S/c1-5-8(9(12)13)16-11(6-2,7(3)4)10(14)15/h7-8H,5-6H2,1-4H3,(H,12,13)(H,14,15). The highest BCUT2D eigenvalue weighted by atomic mass is 32.2. The van der Waals surface area contributed by atoms with Crippen molar-refractivity contribution in [2.75, 3.05) is 0 Å². The molecule has 0 aliphatic heterocycles. The summed E-state index contributed by atoms with van der Waals surface area (Å²) in [5.74, 6) is -1.96. The van der Waals surface area contributed by atoms with Gasteiger partial charge in [-0.25, -0.2) is 0 Å². The monoisotopic (exact) mass is 248 g/mol. The van der Waals surface area contributed by atoms with Crippen LogP contribution in [0, 0.1) is 5.92 Å². The second-order valence-corrected chi connectivity index (χ2v) is 5.59. The molecule has 5 heteroatoms. The van der Waals surface area contributed by atoms with Crippen LogP contribution in [0.15, 0.2) is 0 Å². The number of rotatable bonds is 7. The van der Waals surface area contributed by atoms with Gasteiger partial charge in [-0.15, -0.1) is 11.8 Å². The lowest BCUT2D eigenvalue weighted by Gasteiger charge is -2.33. The van der Waals surface area contributed by atoms with Crippen LogP contribution in [-0.2, 0) is 9.59 Å². The molecule has 16 heavy (non-hydrogen) atoms. The zero-order valence-electron chi connectivity index (χ0n) is 10.2. The zero-order chi connectivity index (χ0) is 12.9. The minimum absolute atomic E-state index is 0.103. The minimum Gasteiger partial charge on any atom is -0.480 e. The van der Waals surface area contributed by atoms with E-state index in [0.717, 1.165) is 11.8 Å². The van der Waals surface area contributed by atoms with Crippen LogP contribution in [-0.4, -0.2) is 32.1 Å². The van der Waals surface area contributed by atoms with Crippen LogP contribution < -0.4 is 0 Å². The van der Waals surface area contributed by atoms with E-state index in [9.17, 15) is 14.7 Å². The van der Waals surface area contributed by atoms with Gasteiger partial charge in [-0.3, -0.25) is 9.59 Å². The summed E-state index contributed by atoms with van der Waals surface area (Å²) >= 11 is 1.06.